The van der Waals surface area contributed by atoms with Gasteiger partial charge in [-0.05, 0) is 47.2 Å². The molecule has 1 rings (SSSR count). The Kier molecular flexibility index (Phi) is 6.52. The predicted molar refractivity (Wildman–Crippen MR) is 61.6 cm³/mol. The van der Waals surface area contributed by atoms with Gasteiger partial charge in [-0.2, -0.15) is 0 Å². The number of carbonyl (C=O) groups excluding carboxylic acids is 1. The second-order valence-corrected chi connectivity index (χ2v) is 4.99. The quantitative estimate of drug-likeness (QED) is 0.664. The van der Waals surface area contributed by atoms with Crippen molar-refractivity contribution in [1.82, 2.24) is 4.90 Å². The summed E-state index contributed by atoms with van der Waals surface area (Å²) in [5.74, 6) is 0. The minimum absolute atomic E-state index is 0.318. The predicted octanol–water partition coefficient (Wildman–Crippen LogP) is 0.997. The Morgan fingerprint density at radius 2 is 2.07 bits per heavy atom. The number of rotatable bonds is 1. The Labute approximate surface area is 92.8 Å². The maximum atomic E-state index is 9.60. The minimum Gasteiger partial charge on any atom is -0.462 e. The van der Waals surface area contributed by atoms with Crippen LogP contribution < -0.4 is 5.73 Å². The number of carbonyl (C=O) groups is 1. The smallest absolute Gasteiger partial charge is 0.293 e. The molecule has 0 saturated carbocycles. The molecule has 15 heavy (non-hydrogen) atoms. The van der Waals surface area contributed by atoms with Crippen LogP contribution in [-0.4, -0.2) is 43.2 Å². The molecule has 0 spiro atoms. The van der Waals surface area contributed by atoms with Gasteiger partial charge in [0.15, 0.2) is 0 Å². The minimum atomic E-state index is -0.318. The summed E-state index contributed by atoms with van der Waals surface area (Å²) in [5.41, 5.74) is 5.37. The van der Waals surface area contributed by atoms with Crippen molar-refractivity contribution in [2.24, 2.45) is 5.73 Å². The molecule has 1 heterocycles. The highest BCUT2D eigenvalue weighted by Gasteiger charge is 2.11. The summed E-state index contributed by atoms with van der Waals surface area (Å²) in [6.45, 7) is 8.23. The first-order valence-electron chi connectivity index (χ1n) is 5.41. The topological polar surface area (TPSA) is 55.6 Å². The molecule has 0 bridgehead atoms. The molecular formula is C11H24N2O2. The van der Waals surface area contributed by atoms with E-state index >= 15 is 0 Å². The number of likely N-dealkylation sites (N-methyl/N-ethyl adjacent to an activating group) is 1. The Hall–Kier alpha value is -0.610. The number of hydrogen-bond acceptors (Lipinski definition) is 4. The molecule has 0 aliphatic carbocycles. The van der Waals surface area contributed by atoms with E-state index in [0.29, 0.717) is 12.5 Å². The van der Waals surface area contributed by atoms with Crippen LogP contribution in [0.4, 0.5) is 0 Å². The summed E-state index contributed by atoms with van der Waals surface area (Å²) in [6.07, 6.45) is 2.49. The van der Waals surface area contributed by atoms with Crippen molar-refractivity contribution < 1.29 is 9.53 Å². The van der Waals surface area contributed by atoms with Gasteiger partial charge in [-0.15, -0.1) is 0 Å². The molecule has 1 atom stereocenters. The molecule has 2 N–H and O–H groups in total. The lowest BCUT2D eigenvalue weighted by Crippen LogP contribution is -2.40. The zero-order valence-electron chi connectivity index (χ0n) is 10.3. The van der Waals surface area contributed by atoms with Crippen molar-refractivity contribution in [3.05, 3.63) is 0 Å². The number of piperidine rings is 1. The molecule has 1 aliphatic heterocycles. The maximum Gasteiger partial charge on any atom is 0.293 e. The molecule has 4 heteroatoms. The molecule has 0 radical (unpaired) electrons. The second kappa shape index (κ2) is 6.80. The molecule has 1 fully saturated rings. The number of nitrogens with two attached hydrogens (primary N) is 1. The third kappa shape index (κ3) is 9.69. The lowest BCUT2D eigenvalue weighted by atomic mass is 10.1. The SMILES string of the molecule is CC(C)(C)OC=O.CN1CCCC(N)C1. The summed E-state index contributed by atoms with van der Waals surface area (Å²) in [5, 5.41) is 0. The van der Waals surface area contributed by atoms with Crippen LogP contribution in [0.5, 0.6) is 0 Å². The lowest BCUT2D eigenvalue weighted by Gasteiger charge is -2.26. The standard InChI is InChI=1S/C6H14N2.C5H10O2/c1-8-4-2-3-6(7)5-8;1-5(2,3)7-4-6/h6H,2-5,7H2,1H3;4H,1-3H3. The summed E-state index contributed by atoms with van der Waals surface area (Å²) in [6, 6.07) is 0.439. The van der Waals surface area contributed by atoms with E-state index in [-0.39, 0.29) is 5.60 Å². The lowest BCUT2D eigenvalue weighted by molar-refractivity contribution is -0.138. The zero-order valence-corrected chi connectivity index (χ0v) is 10.3. The third-order valence-electron chi connectivity index (χ3n) is 2.06. The van der Waals surface area contributed by atoms with Crippen LogP contribution in [0.15, 0.2) is 0 Å². The van der Waals surface area contributed by atoms with E-state index in [1.54, 1.807) is 0 Å². The van der Waals surface area contributed by atoms with E-state index in [2.05, 4.69) is 16.7 Å². The van der Waals surface area contributed by atoms with E-state index in [1.807, 2.05) is 20.8 Å². The Morgan fingerprint density at radius 3 is 2.27 bits per heavy atom. The van der Waals surface area contributed by atoms with Gasteiger partial charge < -0.3 is 15.4 Å². The summed E-state index contributed by atoms with van der Waals surface area (Å²) >= 11 is 0. The highest BCUT2D eigenvalue weighted by molar-refractivity contribution is 5.37. The number of hydrogen-bond donors (Lipinski definition) is 1. The van der Waals surface area contributed by atoms with Crippen LogP contribution >= 0.6 is 0 Å². The number of ether oxygens (including phenoxy) is 1. The van der Waals surface area contributed by atoms with Crippen molar-refractivity contribution >= 4 is 6.47 Å². The fourth-order valence-corrected chi connectivity index (χ4v) is 1.35. The van der Waals surface area contributed by atoms with Gasteiger partial charge in [-0.1, -0.05) is 0 Å². The molecule has 1 unspecified atom stereocenters. The van der Waals surface area contributed by atoms with Crippen molar-refractivity contribution in [2.45, 2.75) is 45.3 Å². The monoisotopic (exact) mass is 216 g/mol. The second-order valence-electron chi connectivity index (χ2n) is 4.99. The molecule has 0 aromatic heterocycles. The van der Waals surface area contributed by atoms with Crippen molar-refractivity contribution in [2.75, 3.05) is 20.1 Å². The van der Waals surface area contributed by atoms with Crippen LogP contribution in [0.2, 0.25) is 0 Å². The van der Waals surface area contributed by atoms with Gasteiger partial charge in [0, 0.05) is 12.6 Å². The fraction of sp³-hybridized carbons (Fsp3) is 0.909. The summed E-state index contributed by atoms with van der Waals surface area (Å²) < 4.78 is 4.55. The van der Waals surface area contributed by atoms with Gasteiger partial charge >= 0.3 is 0 Å². The van der Waals surface area contributed by atoms with E-state index in [9.17, 15) is 4.79 Å². The van der Waals surface area contributed by atoms with Gasteiger partial charge in [0.25, 0.3) is 6.47 Å². The van der Waals surface area contributed by atoms with Crippen molar-refractivity contribution in [3.8, 4) is 0 Å². The third-order valence-corrected chi connectivity index (χ3v) is 2.06. The largest absolute Gasteiger partial charge is 0.462 e. The van der Waals surface area contributed by atoms with E-state index in [0.717, 1.165) is 6.54 Å². The first-order chi connectivity index (χ1) is 6.85. The first kappa shape index (κ1) is 14.4. The average Bonchev–Trinajstić information content (AvgIpc) is 2.01. The van der Waals surface area contributed by atoms with E-state index in [4.69, 9.17) is 5.73 Å². The normalized spacial score (nSPS) is 22.6. The molecule has 1 saturated heterocycles. The molecule has 1 aliphatic rings. The molecular weight excluding hydrogens is 192 g/mol. The highest BCUT2D eigenvalue weighted by Crippen LogP contribution is 2.04. The summed E-state index contributed by atoms with van der Waals surface area (Å²) in [7, 11) is 2.12. The number of likely N-dealkylation sites (tertiary alicyclic amines) is 1. The Balaban J connectivity index is 0.000000265. The first-order valence-corrected chi connectivity index (χ1v) is 5.41. The van der Waals surface area contributed by atoms with Crippen LogP contribution in [0.3, 0.4) is 0 Å². The van der Waals surface area contributed by atoms with Crippen molar-refractivity contribution in [3.63, 3.8) is 0 Å². The molecule has 0 amide bonds. The maximum absolute atomic E-state index is 9.60. The van der Waals surface area contributed by atoms with Crippen molar-refractivity contribution in [1.29, 1.82) is 0 Å². The number of nitrogens with zero attached hydrogens (tertiary/aromatic N) is 1. The molecule has 4 nitrogen and oxygen atoms in total. The van der Waals surface area contributed by atoms with Gasteiger partial charge in [0.2, 0.25) is 0 Å². The average molecular weight is 216 g/mol. The Morgan fingerprint density at radius 1 is 1.47 bits per heavy atom. The summed E-state index contributed by atoms with van der Waals surface area (Å²) in [4.78, 5) is 11.9. The highest BCUT2D eigenvalue weighted by atomic mass is 16.5. The van der Waals surface area contributed by atoms with Crippen LogP contribution in [0, 0.1) is 0 Å². The zero-order chi connectivity index (χ0) is 11.9. The fourth-order valence-electron chi connectivity index (χ4n) is 1.35. The van der Waals surface area contributed by atoms with E-state index in [1.165, 1.54) is 19.4 Å². The van der Waals surface area contributed by atoms with Gasteiger partial charge in [0.05, 0.1) is 0 Å². The van der Waals surface area contributed by atoms with E-state index < -0.39 is 0 Å². The molecule has 0 aromatic rings. The Bertz CT molecular complexity index is 170. The van der Waals surface area contributed by atoms with Crippen LogP contribution in [0.1, 0.15) is 33.6 Å². The van der Waals surface area contributed by atoms with Gasteiger partial charge in [-0.25, -0.2) is 0 Å². The molecule has 0 aromatic carbocycles. The van der Waals surface area contributed by atoms with Crippen LogP contribution in [-0.2, 0) is 9.53 Å². The molecule has 90 valence electrons. The van der Waals surface area contributed by atoms with Crippen LogP contribution in [0.25, 0.3) is 0 Å². The van der Waals surface area contributed by atoms with Gasteiger partial charge in [0.1, 0.15) is 5.60 Å². The van der Waals surface area contributed by atoms with Gasteiger partial charge in [-0.3, -0.25) is 4.79 Å².